The van der Waals surface area contributed by atoms with Gasteiger partial charge in [0.05, 0.1) is 11.3 Å². The molecule has 2 N–H and O–H groups in total. The Balaban J connectivity index is 1.89. The zero-order chi connectivity index (χ0) is 23.5. The highest BCUT2D eigenvalue weighted by Gasteiger charge is 2.33. The van der Waals surface area contributed by atoms with E-state index in [1.54, 1.807) is 0 Å². The minimum absolute atomic E-state index is 0.109. The number of ether oxygens (including phenoxy) is 2. The number of halogens is 6. The molecule has 2 heterocycles. The summed E-state index contributed by atoms with van der Waals surface area (Å²) in [5, 5.41) is 11.5. The van der Waals surface area contributed by atoms with Crippen molar-refractivity contribution < 1.29 is 50.5 Å². The molecule has 0 fully saturated rings. The van der Waals surface area contributed by atoms with Crippen molar-refractivity contribution in [2.75, 3.05) is 5.32 Å². The zero-order valence-electron chi connectivity index (χ0n) is 15.6. The van der Waals surface area contributed by atoms with Crippen molar-refractivity contribution in [1.82, 2.24) is 4.98 Å². The number of nitrogens with one attached hydrogen (secondary N) is 1. The van der Waals surface area contributed by atoms with Crippen molar-refractivity contribution in [1.29, 1.82) is 0 Å². The Kier molecular flexibility index (Phi) is 6.09. The van der Waals surface area contributed by atoms with Crippen LogP contribution in [0.25, 0.3) is 0 Å². The van der Waals surface area contributed by atoms with E-state index in [1.165, 1.54) is 24.5 Å². The SMILES string of the molecule is O=C(Nc1cc[n+](O)cc1)c1cc(C(F)(F)F)cnc1Oc1ccc(OC(F)(F)F)cc1. The van der Waals surface area contributed by atoms with Crippen LogP contribution in [0.4, 0.5) is 32.0 Å². The van der Waals surface area contributed by atoms with Crippen LogP contribution in [0.1, 0.15) is 15.9 Å². The molecule has 1 aromatic carbocycles. The summed E-state index contributed by atoms with van der Waals surface area (Å²) in [4.78, 5) is 16.1. The molecule has 0 spiro atoms. The van der Waals surface area contributed by atoms with Gasteiger partial charge in [0.25, 0.3) is 5.91 Å². The predicted octanol–water partition coefficient (Wildman–Crippen LogP) is 4.57. The summed E-state index contributed by atoms with van der Waals surface area (Å²) in [5.41, 5.74) is -1.65. The lowest BCUT2D eigenvalue weighted by molar-refractivity contribution is -0.904. The van der Waals surface area contributed by atoms with Crippen LogP contribution in [-0.4, -0.2) is 22.5 Å². The molecule has 7 nitrogen and oxygen atoms in total. The number of hydrogen-bond acceptors (Lipinski definition) is 5. The van der Waals surface area contributed by atoms with Gasteiger partial charge < -0.3 is 14.8 Å². The number of benzene rings is 1. The number of carbonyl (C=O) groups is 1. The molecule has 0 atom stereocenters. The second kappa shape index (κ2) is 8.61. The normalized spacial score (nSPS) is 11.7. The van der Waals surface area contributed by atoms with Gasteiger partial charge in [-0.05, 0) is 30.3 Å². The van der Waals surface area contributed by atoms with Crippen LogP contribution in [0.15, 0.2) is 61.1 Å². The molecule has 0 aliphatic rings. The summed E-state index contributed by atoms with van der Waals surface area (Å²) >= 11 is 0. The lowest BCUT2D eigenvalue weighted by Gasteiger charge is -2.14. The van der Waals surface area contributed by atoms with E-state index in [0.717, 1.165) is 24.3 Å². The first-order valence-electron chi connectivity index (χ1n) is 8.53. The molecule has 0 bridgehead atoms. The average Bonchev–Trinajstić information content (AvgIpc) is 2.69. The number of aromatic nitrogens is 2. The van der Waals surface area contributed by atoms with Crippen LogP contribution in [0, 0.1) is 0 Å². The third-order valence-corrected chi connectivity index (χ3v) is 3.77. The molecule has 0 saturated carbocycles. The topological polar surface area (TPSA) is 84.6 Å². The lowest BCUT2D eigenvalue weighted by Crippen LogP contribution is -2.28. The number of anilines is 1. The average molecular weight is 460 g/mol. The molecule has 0 saturated heterocycles. The van der Waals surface area contributed by atoms with Crippen molar-refractivity contribution >= 4 is 11.6 Å². The monoisotopic (exact) mass is 460 g/mol. The van der Waals surface area contributed by atoms with Crippen molar-refractivity contribution in [3.63, 3.8) is 0 Å². The van der Waals surface area contributed by atoms with E-state index in [0.29, 0.717) is 17.0 Å². The van der Waals surface area contributed by atoms with Gasteiger partial charge in [-0.2, -0.15) is 13.2 Å². The minimum Gasteiger partial charge on any atom is -0.438 e. The van der Waals surface area contributed by atoms with Gasteiger partial charge >= 0.3 is 12.5 Å². The first-order chi connectivity index (χ1) is 14.9. The van der Waals surface area contributed by atoms with Gasteiger partial charge in [0.1, 0.15) is 17.1 Å². The number of amides is 1. The van der Waals surface area contributed by atoms with Crippen LogP contribution >= 0.6 is 0 Å². The van der Waals surface area contributed by atoms with Gasteiger partial charge in [0.15, 0.2) is 0 Å². The Labute approximate surface area is 175 Å². The Hall–Kier alpha value is -4.03. The van der Waals surface area contributed by atoms with E-state index in [9.17, 15) is 36.3 Å². The zero-order valence-corrected chi connectivity index (χ0v) is 15.6. The fourth-order valence-electron chi connectivity index (χ4n) is 2.37. The minimum atomic E-state index is -4.91. The molecule has 3 aromatic rings. The van der Waals surface area contributed by atoms with Crippen LogP contribution in [0.3, 0.4) is 0 Å². The predicted molar refractivity (Wildman–Crippen MR) is 94.2 cm³/mol. The van der Waals surface area contributed by atoms with Crippen molar-refractivity contribution in [2.45, 2.75) is 12.5 Å². The Morgan fingerprint density at radius 1 is 0.969 bits per heavy atom. The molecule has 0 radical (unpaired) electrons. The number of nitrogens with zero attached hydrogens (tertiary/aromatic N) is 2. The van der Waals surface area contributed by atoms with Crippen LogP contribution in [-0.2, 0) is 6.18 Å². The molecule has 1 amide bonds. The number of rotatable bonds is 5. The highest BCUT2D eigenvalue weighted by molar-refractivity contribution is 6.06. The Morgan fingerprint density at radius 2 is 1.56 bits per heavy atom. The third kappa shape index (κ3) is 6.00. The standard InChI is InChI=1S/C19H11F6N3O4/c20-18(21,22)11-9-15(16(29)27-12-5-7-28(30)8-6-12)17(26-10-11)31-13-1-3-14(4-2-13)32-19(23,24)25/h1-10,30H/p+1. The lowest BCUT2D eigenvalue weighted by atomic mass is 10.1. The molecule has 0 aliphatic carbocycles. The summed E-state index contributed by atoms with van der Waals surface area (Å²) in [6.45, 7) is 0. The van der Waals surface area contributed by atoms with Gasteiger partial charge in [-0.15, -0.1) is 13.2 Å². The molecule has 0 aliphatic heterocycles. The molecule has 0 unspecified atom stereocenters. The fourth-order valence-corrected chi connectivity index (χ4v) is 2.37. The van der Waals surface area contributed by atoms with Crippen molar-refractivity contribution in [3.8, 4) is 17.4 Å². The quantitative estimate of drug-likeness (QED) is 0.331. The second-order valence-electron chi connectivity index (χ2n) is 6.12. The summed E-state index contributed by atoms with van der Waals surface area (Å²) in [7, 11) is 0. The molecular weight excluding hydrogens is 448 g/mol. The van der Waals surface area contributed by atoms with E-state index < -0.39 is 41.2 Å². The Morgan fingerprint density at radius 3 is 2.12 bits per heavy atom. The summed E-state index contributed by atoms with van der Waals surface area (Å²) in [6.07, 6.45) is -6.92. The van der Waals surface area contributed by atoms with E-state index in [4.69, 9.17) is 4.74 Å². The molecule has 3 rings (SSSR count). The molecule has 32 heavy (non-hydrogen) atoms. The summed E-state index contributed by atoms with van der Waals surface area (Å²) in [5.74, 6) is -2.19. The van der Waals surface area contributed by atoms with Gasteiger partial charge in [0.2, 0.25) is 18.3 Å². The number of hydrogen-bond donors (Lipinski definition) is 2. The molecule has 168 valence electrons. The van der Waals surface area contributed by atoms with Gasteiger partial charge in [-0.25, -0.2) is 4.98 Å². The smallest absolute Gasteiger partial charge is 0.438 e. The maximum Gasteiger partial charge on any atom is 0.573 e. The summed E-state index contributed by atoms with van der Waals surface area (Å²) < 4.78 is 85.7. The summed E-state index contributed by atoms with van der Waals surface area (Å²) in [6, 6.07) is 7.02. The van der Waals surface area contributed by atoms with E-state index in [1.807, 2.05) is 0 Å². The highest BCUT2D eigenvalue weighted by Crippen LogP contribution is 2.33. The maximum atomic E-state index is 13.1. The first kappa shape index (κ1) is 22.7. The number of carbonyl (C=O) groups excluding carboxylic acids is 1. The van der Waals surface area contributed by atoms with Crippen molar-refractivity contribution in [3.05, 3.63) is 72.2 Å². The molecule has 13 heteroatoms. The largest absolute Gasteiger partial charge is 0.573 e. The fraction of sp³-hybridized carbons (Fsp3) is 0.105. The second-order valence-corrected chi connectivity index (χ2v) is 6.12. The van der Waals surface area contributed by atoms with Crippen molar-refractivity contribution in [2.24, 2.45) is 0 Å². The first-order valence-corrected chi connectivity index (χ1v) is 8.53. The van der Waals surface area contributed by atoms with Crippen LogP contribution in [0.2, 0.25) is 0 Å². The molecule has 2 aromatic heterocycles. The van der Waals surface area contributed by atoms with E-state index in [-0.39, 0.29) is 11.4 Å². The van der Waals surface area contributed by atoms with Gasteiger partial charge in [-0.3, -0.25) is 10.0 Å². The van der Waals surface area contributed by atoms with Gasteiger partial charge in [0, 0.05) is 23.1 Å². The van der Waals surface area contributed by atoms with Crippen LogP contribution in [0.5, 0.6) is 17.4 Å². The Bertz CT molecular complexity index is 1100. The van der Waals surface area contributed by atoms with Gasteiger partial charge in [-0.1, -0.05) is 0 Å². The molecular formula is C19H12F6N3O4+. The third-order valence-electron chi connectivity index (χ3n) is 3.77. The van der Waals surface area contributed by atoms with E-state index in [2.05, 4.69) is 15.0 Å². The maximum absolute atomic E-state index is 13.1. The highest BCUT2D eigenvalue weighted by atomic mass is 19.4. The van der Waals surface area contributed by atoms with Crippen LogP contribution < -0.4 is 19.5 Å². The number of pyridine rings is 2. The van der Waals surface area contributed by atoms with E-state index >= 15 is 0 Å². The number of alkyl halides is 6.